The van der Waals surface area contributed by atoms with E-state index in [4.69, 9.17) is 0 Å². The summed E-state index contributed by atoms with van der Waals surface area (Å²) in [5.41, 5.74) is -1.22. The lowest BCUT2D eigenvalue weighted by molar-refractivity contribution is -0.0865. The number of benzene rings is 1. The molecule has 3 aromatic rings. The van der Waals surface area contributed by atoms with Crippen molar-refractivity contribution in [1.29, 1.82) is 0 Å². The number of nitrogens with one attached hydrogen (secondary N) is 1. The first-order valence-corrected chi connectivity index (χ1v) is 11.6. The quantitative estimate of drug-likeness (QED) is 0.537. The Morgan fingerprint density at radius 3 is 2.38 bits per heavy atom. The van der Waals surface area contributed by atoms with E-state index in [1.807, 2.05) is 0 Å². The van der Waals surface area contributed by atoms with E-state index in [2.05, 4.69) is 15.3 Å². The van der Waals surface area contributed by atoms with Crippen LogP contribution in [0, 0.1) is 12.7 Å². The molecule has 34 heavy (non-hydrogen) atoms. The maximum Gasteiger partial charge on any atom is 0.266 e. The molecule has 6 nitrogen and oxygen atoms in total. The molecule has 1 aromatic carbocycles. The van der Waals surface area contributed by atoms with E-state index >= 15 is 0 Å². The second-order valence-electron chi connectivity index (χ2n) is 9.77. The molecule has 0 saturated heterocycles. The lowest BCUT2D eigenvalue weighted by Gasteiger charge is -2.51. The number of pyridine rings is 1. The zero-order valence-electron chi connectivity index (χ0n) is 19.1. The molecule has 2 aromatic heterocycles. The smallest absolute Gasteiger partial charge is 0.266 e. The van der Waals surface area contributed by atoms with E-state index in [1.54, 1.807) is 24.6 Å². The van der Waals surface area contributed by atoms with Gasteiger partial charge in [0.2, 0.25) is 0 Å². The van der Waals surface area contributed by atoms with Crippen molar-refractivity contribution in [3.63, 3.8) is 0 Å². The molecule has 0 amide bonds. The standard InChI is InChI=1S/C25H27F3N4O2/c1-14(16-4-3-5-17(21(16)26)22(27)28)29-23-18-13-32(20(33)12-19(18)30-15(2)31-23)24-6-9-25(34,10-7-24)11-8-24/h3-5,12-14,22,34H,6-11H2,1-2H3,(H,29,30,31)/t14-,24?,25?/m1/s1. The van der Waals surface area contributed by atoms with Gasteiger partial charge in [0, 0.05) is 23.4 Å². The first-order valence-electron chi connectivity index (χ1n) is 11.6. The third kappa shape index (κ3) is 3.76. The Morgan fingerprint density at radius 1 is 1.09 bits per heavy atom. The molecule has 2 bridgehead atoms. The number of aromatic nitrogens is 3. The van der Waals surface area contributed by atoms with Crippen LogP contribution in [-0.4, -0.2) is 25.2 Å². The van der Waals surface area contributed by atoms with Crippen LogP contribution in [0.1, 0.15) is 74.9 Å². The van der Waals surface area contributed by atoms with Gasteiger partial charge in [-0.1, -0.05) is 18.2 Å². The topological polar surface area (TPSA) is 80.0 Å². The Kier molecular flexibility index (Phi) is 5.42. The Morgan fingerprint density at radius 2 is 1.74 bits per heavy atom. The molecular weight excluding hydrogens is 445 g/mol. The maximum absolute atomic E-state index is 14.7. The average Bonchev–Trinajstić information content (AvgIpc) is 2.79. The summed E-state index contributed by atoms with van der Waals surface area (Å²) < 4.78 is 42.9. The van der Waals surface area contributed by atoms with Gasteiger partial charge in [0.05, 0.1) is 28.1 Å². The number of halogens is 3. The zero-order valence-corrected chi connectivity index (χ0v) is 19.1. The lowest BCUT2D eigenvalue weighted by Crippen LogP contribution is -2.53. The third-order valence-corrected chi connectivity index (χ3v) is 7.63. The van der Waals surface area contributed by atoms with Crippen LogP contribution < -0.4 is 10.9 Å². The monoisotopic (exact) mass is 472 g/mol. The molecule has 0 spiro atoms. The van der Waals surface area contributed by atoms with Gasteiger partial charge >= 0.3 is 0 Å². The number of hydrogen-bond acceptors (Lipinski definition) is 5. The van der Waals surface area contributed by atoms with Gasteiger partial charge in [-0.05, 0) is 52.4 Å². The van der Waals surface area contributed by atoms with E-state index in [0.717, 1.165) is 6.07 Å². The van der Waals surface area contributed by atoms with E-state index in [9.17, 15) is 23.1 Å². The Labute approximate surface area is 194 Å². The summed E-state index contributed by atoms with van der Waals surface area (Å²) in [6, 6.07) is 4.78. The highest BCUT2D eigenvalue weighted by atomic mass is 19.3. The minimum atomic E-state index is -2.91. The fourth-order valence-electron chi connectivity index (χ4n) is 5.56. The van der Waals surface area contributed by atoms with Gasteiger partial charge in [0.15, 0.2) is 0 Å². The number of hydrogen-bond donors (Lipinski definition) is 2. The largest absolute Gasteiger partial charge is 0.390 e. The summed E-state index contributed by atoms with van der Waals surface area (Å²) in [5.74, 6) is -0.106. The highest BCUT2D eigenvalue weighted by molar-refractivity contribution is 5.88. The van der Waals surface area contributed by atoms with E-state index in [-0.39, 0.29) is 16.7 Å². The van der Waals surface area contributed by atoms with Crippen molar-refractivity contribution in [3.05, 3.63) is 63.6 Å². The summed E-state index contributed by atoms with van der Waals surface area (Å²) in [5, 5.41) is 14.3. The van der Waals surface area contributed by atoms with Gasteiger partial charge in [-0.2, -0.15) is 0 Å². The van der Waals surface area contributed by atoms with Crippen LogP contribution >= 0.6 is 0 Å². The van der Waals surface area contributed by atoms with Crippen molar-refractivity contribution in [2.24, 2.45) is 0 Å². The molecule has 1 atom stereocenters. The molecule has 9 heteroatoms. The third-order valence-electron chi connectivity index (χ3n) is 7.63. The van der Waals surface area contributed by atoms with Crippen molar-refractivity contribution < 1.29 is 18.3 Å². The summed E-state index contributed by atoms with van der Waals surface area (Å²) in [6.45, 7) is 3.37. The number of rotatable bonds is 5. The van der Waals surface area contributed by atoms with Crippen LogP contribution in [0.2, 0.25) is 0 Å². The van der Waals surface area contributed by atoms with Crippen molar-refractivity contribution in [3.8, 4) is 0 Å². The van der Waals surface area contributed by atoms with Crippen molar-refractivity contribution in [2.45, 2.75) is 76.0 Å². The van der Waals surface area contributed by atoms with Gasteiger partial charge in [0.1, 0.15) is 17.5 Å². The van der Waals surface area contributed by atoms with Crippen LogP contribution in [-0.2, 0) is 5.54 Å². The summed E-state index contributed by atoms with van der Waals surface area (Å²) in [6.07, 6.45) is 2.96. The fraction of sp³-hybridized carbons (Fsp3) is 0.480. The molecule has 0 unspecified atom stereocenters. The molecule has 0 aliphatic heterocycles. The van der Waals surface area contributed by atoms with Crippen LogP contribution in [0.4, 0.5) is 19.0 Å². The summed E-state index contributed by atoms with van der Waals surface area (Å²) >= 11 is 0. The second kappa shape index (κ2) is 8.08. The summed E-state index contributed by atoms with van der Waals surface area (Å²) in [7, 11) is 0. The van der Waals surface area contributed by atoms with Crippen LogP contribution in [0.25, 0.3) is 10.9 Å². The fourth-order valence-corrected chi connectivity index (χ4v) is 5.56. The molecule has 0 radical (unpaired) electrons. The minimum absolute atomic E-state index is 0.105. The highest BCUT2D eigenvalue weighted by Gasteiger charge is 2.49. The molecule has 6 rings (SSSR count). The van der Waals surface area contributed by atoms with E-state index < -0.39 is 29.4 Å². The Bertz CT molecular complexity index is 1300. The average molecular weight is 473 g/mol. The molecular formula is C25H27F3N4O2. The lowest BCUT2D eigenvalue weighted by atomic mass is 9.63. The second-order valence-corrected chi connectivity index (χ2v) is 9.77. The molecule has 2 heterocycles. The van der Waals surface area contributed by atoms with Crippen LogP contribution in [0.3, 0.4) is 0 Å². The number of anilines is 1. The van der Waals surface area contributed by atoms with Gasteiger partial charge < -0.3 is 15.0 Å². The first kappa shape index (κ1) is 22.8. The molecule has 3 fully saturated rings. The van der Waals surface area contributed by atoms with Gasteiger partial charge in [-0.15, -0.1) is 0 Å². The van der Waals surface area contributed by atoms with Gasteiger partial charge in [-0.3, -0.25) is 4.79 Å². The minimum Gasteiger partial charge on any atom is -0.390 e. The van der Waals surface area contributed by atoms with Crippen molar-refractivity contribution in [1.82, 2.24) is 14.5 Å². The van der Waals surface area contributed by atoms with Gasteiger partial charge in [-0.25, -0.2) is 23.1 Å². The Hall–Kier alpha value is -2.94. The summed E-state index contributed by atoms with van der Waals surface area (Å²) in [4.78, 5) is 22.0. The van der Waals surface area contributed by atoms with Crippen LogP contribution in [0.15, 0.2) is 35.3 Å². The first-order chi connectivity index (χ1) is 16.1. The van der Waals surface area contributed by atoms with Crippen molar-refractivity contribution >= 4 is 16.7 Å². The number of nitrogens with zero attached hydrogens (tertiary/aromatic N) is 3. The molecule has 2 N–H and O–H groups in total. The Balaban J connectivity index is 1.56. The molecule has 3 aliphatic carbocycles. The number of fused-ring (bicyclic) bond motifs is 4. The van der Waals surface area contributed by atoms with Gasteiger partial charge in [0.25, 0.3) is 12.0 Å². The normalized spacial score (nSPS) is 25.1. The highest BCUT2D eigenvalue weighted by Crippen LogP contribution is 2.50. The van der Waals surface area contributed by atoms with E-state index in [1.165, 1.54) is 18.2 Å². The molecule has 3 aliphatic rings. The SMILES string of the molecule is Cc1nc(N[C@H](C)c2cccc(C(F)F)c2F)c2cn(C34CCC(O)(CC3)CC4)c(=O)cc2n1. The van der Waals surface area contributed by atoms with Crippen LogP contribution in [0.5, 0.6) is 0 Å². The maximum atomic E-state index is 14.7. The predicted octanol–water partition coefficient (Wildman–Crippen LogP) is 5.14. The predicted molar refractivity (Wildman–Crippen MR) is 123 cm³/mol. The number of alkyl halides is 2. The van der Waals surface area contributed by atoms with Crippen molar-refractivity contribution in [2.75, 3.05) is 5.32 Å². The van der Waals surface area contributed by atoms with E-state index in [0.29, 0.717) is 61.1 Å². The molecule has 180 valence electrons. The zero-order chi connectivity index (χ0) is 24.3. The number of aryl methyl sites for hydroxylation is 1. The number of aliphatic hydroxyl groups is 1. The molecule has 3 saturated carbocycles.